The van der Waals surface area contributed by atoms with E-state index in [2.05, 4.69) is 21.5 Å². The van der Waals surface area contributed by atoms with Crippen LogP contribution in [0, 0.1) is 5.92 Å². The second-order valence-electron chi connectivity index (χ2n) is 9.36. The number of rotatable bonds is 5. The van der Waals surface area contributed by atoms with Gasteiger partial charge < -0.3 is 9.72 Å². The molecule has 0 aliphatic heterocycles. The molecule has 0 saturated heterocycles. The number of aromatic amines is 1. The summed E-state index contributed by atoms with van der Waals surface area (Å²) < 4.78 is 9.96. The first kappa shape index (κ1) is 20.8. The van der Waals surface area contributed by atoms with Gasteiger partial charge in [-0.25, -0.2) is 9.78 Å². The summed E-state index contributed by atoms with van der Waals surface area (Å²) in [5, 5.41) is 1.01. The van der Waals surface area contributed by atoms with Gasteiger partial charge in [-0.3, -0.25) is 9.13 Å². The Bertz CT molecular complexity index is 1510. The van der Waals surface area contributed by atoms with Crippen LogP contribution >= 0.6 is 0 Å². The van der Waals surface area contributed by atoms with Crippen molar-refractivity contribution in [3.63, 3.8) is 0 Å². The zero-order valence-electron chi connectivity index (χ0n) is 19.3. The van der Waals surface area contributed by atoms with Crippen LogP contribution in [-0.4, -0.2) is 19.1 Å². The predicted molar refractivity (Wildman–Crippen MR) is 135 cm³/mol. The fourth-order valence-electron chi connectivity index (χ4n) is 5.42. The summed E-state index contributed by atoms with van der Waals surface area (Å²) in [4.78, 5) is 21.8. The topological polar surface area (TPSA) is 64.8 Å². The molecule has 0 spiro atoms. The standard InChI is InChI=1S/C28H28N4O2/c1-19-8-5-6-13-24(19)32-26-23-14-15-29-27(23)30-17-25(26)31(28(32)33)18-20-9-7-12-22(16-20)34-21-10-3-2-4-11-21/h2-4,7,9-12,14-17,19,24H,5-6,8,13,18H2,1H3,(H,29,30)/t19-,24+/m1/s1. The zero-order valence-corrected chi connectivity index (χ0v) is 19.3. The van der Waals surface area contributed by atoms with E-state index < -0.39 is 0 Å². The minimum Gasteiger partial charge on any atom is -0.457 e. The Labute approximate surface area is 197 Å². The monoisotopic (exact) mass is 452 g/mol. The highest BCUT2D eigenvalue weighted by molar-refractivity contribution is 6.01. The lowest BCUT2D eigenvalue weighted by Crippen LogP contribution is -2.32. The average Bonchev–Trinajstić information content (AvgIpc) is 3.43. The van der Waals surface area contributed by atoms with Crippen LogP contribution in [0.15, 0.2) is 77.9 Å². The Morgan fingerprint density at radius 1 is 1.03 bits per heavy atom. The van der Waals surface area contributed by atoms with Crippen molar-refractivity contribution in [2.75, 3.05) is 0 Å². The Hall–Kier alpha value is -3.80. The first-order valence-corrected chi connectivity index (χ1v) is 12.1. The lowest BCUT2D eigenvalue weighted by molar-refractivity contribution is 0.256. The smallest absolute Gasteiger partial charge is 0.329 e. The molecular formula is C28H28N4O2. The number of nitrogens with one attached hydrogen (secondary N) is 1. The third-order valence-corrected chi connectivity index (χ3v) is 7.12. The number of imidazole rings is 1. The number of fused-ring (bicyclic) bond motifs is 3. The number of pyridine rings is 1. The lowest BCUT2D eigenvalue weighted by atomic mass is 9.85. The highest BCUT2D eigenvalue weighted by atomic mass is 16.5. The van der Waals surface area contributed by atoms with Crippen LogP contribution in [0.5, 0.6) is 11.5 Å². The zero-order chi connectivity index (χ0) is 23.1. The van der Waals surface area contributed by atoms with Crippen molar-refractivity contribution in [1.29, 1.82) is 0 Å². The van der Waals surface area contributed by atoms with Crippen molar-refractivity contribution in [2.24, 2.45) is 5.92 Å². The number of H-pyrrole nitrogens is 1. The normalized spacial score (nSPS) is 18.5. The highest BCUT2D eigenvalue weighted by Crippen LogP contribution is 2.36. The largest absolute Gasteiger partial charge is 0.457 e. The number of benzene rings is 2. The van der Waals surface area contributed by atoms with Gasteiger partial charge in [0.15, 0.2) is 0 Å². The van der Waals surface area contributed by atoms with E-state index in [1.165, 1.54) is 6.42 Å². The maximum atomic E-state index is 13.9. The number of hydrogen-bond acceptors (Lipinski definition) is 3. The van der Waals surface area contributed by atoms with Gasteiger partial charge in [0.05, 0.1) is 23.8 Å². The van der Waals surface area contributed by atoms with Crippen LogP contribution < -0.4 is 10.4 Å². The molecule has 1 N–H and O–H groups in total. The summed E-state index contributed by atoms with van der Waals surface area (Å²) in [6, 6.07) is 19.9. The average molecular weight is 453 g/mol. The van der Waals surface area contributed by atoms with E-state index >= 15 is 0 Å². The molecule has 1 aliphatic rings. The number of ether oxygens (including phenoxy) is 1. The first-order chi connectivity index (χ1) is 16.7. The maximum absolute atomic E-state index is 13.9. The van der Waals surface area contributed by atoms with Gasteiger partial charge in [-0.15, -0.1) is 0 Å². The number of nitrogens with zero attached hydrogens (tertiary/aromatic N) is 3. The van der Waals surface area contributed by atoms with Gasteiger partial charge in [-0.1, -0.05) is 50.1 Å². The van der Waals surface area contributed by atoms with Gasteiger partial charge in [0.1, 0.15) is 17.1 Å². The molecule has 2 aromatic carbocycles. The number of para-hydroxylation sites is 1. The van der Waals surface area contributed by atoms with Gasteiger partial charge in [-0.05, 0) is 54.7 Å². The fraction of sp³-hybridized carbons (Fsp3) is 0.286. The van der Waals surface area contributed by atoms with Crippen LogP contribution in [0.2, 0.25) is 0 Å². The Morgan fingerprint density at radius 2 is 1.85 bits per heavy atom. The van der Waals surface area contributed by atoms with Crippen molar-refractivity contribution in [1.82, 2.24) is 19.1 Å². The van der Waals surface area contributed by atoms with Crippen LogP contribution in [0.4, 0.5) is 0 Å². The second-order valence-corrected chi connectivity index (χ2v) is 9.36. The minimum atomic E-state index is 0.0404. The molecule has 0 radical (unpaired) electrons. The van der Waals surface area contributed by atoms with E-state index in [9.17, 15) is 4.79 Å². The summed E-state index contributed by atoms with van der Waals surface area (Å²) in [6.45, 7) is 2.74. The summed E-state index contributed by atoms with van der Waals surface area (Å²) in [7, 11) is 0. The fourth-order valence-corrected chi connectivity index (χ4v) is 5.42. The summed E-state index contributed by atoms with van der Waals surface area (Å²) in [5.74, 6) is 2.02. The quantitative estimate of drug-likeness (QED) is 0.342. The van der Waals surface area contributed by atoms with E-state index in [1.54, 1.807) is 0 Å². The molecule has 172 valence electrons. The molecule has 3 aromatic heterocycles. The van der Waals surface area contributed by atoms with E-state index in [0.717, 1.165) is 58.4 Å². The Morgan fingerprint density at radius 3 is 2.71 bits per heavy atom. The molecular weight excluding hydrogens is 424 g/mol. The van der Waals surface area contributed by atoms with Crippen LogP contribution in [0.25, 0.3) is 22.1 Å². The first-order valence-electron chi connectivity index (χ1n) is 12.1. The molecule has 5 aromatic rings. The molecule has 0 bridgehead atoms. The van der Waals surface area contributed by atoms with Gasteiger partial charge in [-0.2, -0.15) is 0 Å². The summed E-state index contributed by atoms with van der Waals surface area (Å²) in [6.07, 6.45) is 8.33. The molecule has 0 unspecified atom stereocenters. The van der Waals surface area contributed by atoms with Gasteiger partial charge >= 0.3 is 5.69 Å². The lowest BCUT2D eigenvalue weighted by Gasteiger charge is -2.29. The van der Waals surface area contributed by atoms with Crippen molar-refractivity contribution in [3.8, 4) is 11.5 Å². The molecule has 6 heteroatoms. The minimum absolute atomic E-state index is 0.0404. The van der Waals surface area contributed by atoms with Crippen molar-refractivity contribution >= 4 is 22.1 Å². The van der Waals surface area contributed by atoms with Crippen LogP contribution in [0.3, 0.4) is 0 Å². The molecule has 2 atom stereocenters. The van der Waals surface area contributed by atoms with Crippen molar-refractivity contribution in [3.05, 3.63) is 89.1 Å². The summed E-state index contributed by atoms with van der Waals surface area (Å²) in [5.41, 5.74) is 3.75. The molecule has 6 rings (SSSR count). The van der Waals surface area contributed by atoms with Crippen molar-refractivity contribution in [2.45, 2.75) is 45.2 Å². The molecule has 3 heterocycles. The molecule has 0 amide bonds. The molecule has 1 saturated carbocycles. The highest BCUT2D eigenvalue weighted by Gasteiger charge is 2.28. The number of hydrogen-bond donors (Lipinski definition) is 1. The van der Waals surface area contributed by atoms with E-state index in [1.807, 2.05) is 77.6 Å². The third kappa shape index (κ3) is 3.59. The molecule has 6 nitrogen and oxygen atoms in total. The third-order valence-electron chi connectivity index (χ3n) is 7.12. The van der Waals surface area contributed by atoms with E-state index in [4.69, 9.17) is 4.74 Å². The Balaban J connectivity index is 1.45. The predicted octanol–water partition coefficient (Wildman–Crippen LogP) is 6.27. The van der Waals surface area contributed by atoms with E-state index in [0.29, 0.717) is 12.5 Å². The van der Waals surface area contributed by atoms with Crippen LogP contribution in [0.1, 0.15) is 44.2 Å². The second kappa shape index (κ2) is 8.52. The van der Waals surface area contributed by atoms with Gasteiger partial charge in [0, 0.05) is 17.6 Å². The number of aromatic nitrogens is 4. The van der Waals surface area contributed by atoms with Gasteiger partial charge in [0.2, 0.25) is 0 Å². The van der Waals surface area contributed by atoms with Crippen molar-refractivity contribution < 1.29 is 4.74 Å². The Kier molecular flexibility index (Phi) is 5.21. The maximum Gasteiger partial charge on any atom is 0.329 e. The summed E-state index contributed by atoms with van der Waals surface area (Å²) >= 11 is 0. The van der Waals surface area contributed by atoms with E-state index in [-0.39, 0.29) is 11.7 Å². The van der Waals surface area contributed by atoms with Crippen LogP contribution in [-0.2, 0) is 6.54 Å². The SMILES string of the molecule is C[C@@H]1CCCC[C@@H]1n1c(=O)n(Cc2cccc(Oc3ccccc3)c2)c2cnc3[nH]ccc3c21. The molecule has 34 heavy (non-hydrogen) atoms. The molecule has 1 aliphatic carbocycles. The van der Waals surface area contributed by atoms with Gasteiger partial charge in [0.25, 0.3) is 0 Å². The molecule has 1 fully saturated rings.